The van der Waals surface area contributed by atoms with Crippen molar-refractivity contribution in [2.45, 2.75) is 39.2 Å². The van der Waals surface area contributed by atoms with Crippen molar-refractivity contribution < 1.29 is 23.7 Å². The lowest BCUT2D eigenvalue weighted by molar-refractivity contribution is 0.0952. The number of ether oxygens (including phenoxy) is 4. The first-order chi connectivity index (χ1) is 19.0. The third kappa shape index (κ3) is 6.82. The summed E-state index contributed by atoms with van der Waals surface area (Å²) in [5, 5.41) is 3.00. The average molecular weight is 532 g/mol. The van der Waals surface area contributed by atoms with E-state index in [-0.39, 0.29) is 5.91 Å². The normalized spacial score (nSPS) is 10.9. The van der Waals surface area contributed by atoms with Crippen LogP contribution in [0.15, 0.2) is 60.7 Å². The molecule has 0 aliphatic carbocycles. The van der Waals surface area contributed by atoms with Gasteiger partial charge in [0.1, 0.15) is 11.6 Å². The van der Waals surface area contributed by atoms with Gasteiger partial charge in [-0.25, -0.2) is 4.98 Å². The minimum atomic E-state index is -0.198. The van der Waals surface area contributed by atoms with Gasteiger partial charge in [0, 0.05) is 25.1 Å². The minimum absolute atomic E-state index is 0.198. The number of nitrogens with one attached hydrogen (secondary N) is 1. The fourth-order valence-corrected chi connectivity index (χ4v) is 4.60. The maximum Gasteiger partial charge on any atom is 0.251 e. The Hall–Kier alpha value is -4.20. The molecule has 1 amide bonds. The first-order valence-corrected chi connectivity index (χ1v) is 13.3. The van der Waals surface area contributed by atoms with Crippen LogP contribution in [0, 0.1) is 6.92 Å². The summed E-state index contributed by atoms with van der Waals surface area (Å²) in [5.74, 6) is 3.12. The van der Waals surface area contributed by atoms with E-state index in [4.69, 9.17) is 23.9 Å². The van der Waals surface area contributed by atoms with Gasteiger partial charge in [0.2, 0.25) is 5.75 Å². The Labute approximate surface area is 229 Å². The SMILES string of the molecule is COc1cc(C(=O)NCCCc2nc3ccccc3n2CCCCOc2ccccc2C)cc(OC)c1OC. The van der Waals surface area contributed by atoms with Crippen LogP contribution in [0.1, 0.15) is 41.0 Å². The number of hydrogen-bond donors (Lipinski definition) is 1. The number of nitrogens with zero attached hydrogens (tertiary/aromatic N) is 2. The van der Waals surface area contributed by atoms with Crippen LogP contribution < -0.4 is 24.3 Å². The van der Waals surface area contributed by atoms with Crippen LogP contribution >= 0.6 is 0 Å². The summed E-state index contributed by atoms with van der Waals surface area (Å²) >= 11 is 0. The molecule has 0 aliphatic heterocycles. The zero-order chi connectivity index (χ0) is 27.6. The molecule has 1 N–H and O–H groups in total. The van der Waals surface area contributed by atoms with E-state index in [0.717, 1.165) is 60.4 Å². The van der Waals surface area contributed by atoms with Crippen molar-refractivity contribution in [2.24, 2.45) is 0 Å². The number of carbonyl (C=O) groups excluding carboxylic acids is 1. The summed E-state index contributed by atoms with van der Waals surface area (Å²) in [6.07, 6.45) is 3.45. The molecule has 8 heteroatoms. The molecule has 0 bridgehead atoms. The molecular formula is C31H37N3O5. The number of aryl methyl sites for hydroxylation is 3. The number of benzene rings is 3. The highest BCUT2D eigenvalue weighted by Gasteiger charge is 2.17. The van der Waals surface area contributed by atoms with Gasteiger partial charge in [-0.2, -0.15) is 0 Å². The number of amides is 1. The molecule has 8 nitrogen and oxygen atoms in total. The van der Waals surface area contributed by atoms with Crippen molar-refractivity contribution in [3.05, 3.63) is 77.6 Å². The number of fused-ring (bicyclic) bond motifs is 1. The van der Waals surface area contributed by atoms with Gasteiger partial charge < -0.3 is 28.8 Å². The molecule has 3 aromatic carbocycles. The summed E-state index contributed by atoms with van der Waals surface area (Å²) in [6.45, 7) is 4.12. The van der Waals surface area contributed by atoms with Gasteiger partial charge in [0.05, 0.1) is 39.0 Å². The van der Waals surface area contributed by atoms with Crippen molar-refractivity contribution >= 4 is 16.9 Å². The molecule has 4 rings (SSSR count). The number of rotatable bonds is 14. The number of aromatic nitrogens is 2. The number of imidazole rings is 1. The molecule has 0 unspecified atom stereocenters. The van der Waals surface area contributed by atoms with Gasteiger partial charge in [-0.15, -0.1) is 0 Å². The van der Waals surface area contributed by atoms with Crippen molar-refractivity contribution in [1.82, 2.24) is 14.9 Å². The highest BCUT2D eigenvalue weighted by atomic mass is 16.5. The minimum Gasteiger partial charge on any atom is -0.493 e. The van der Waals surface area contributed by atoms with Crippen LogP contribution in [0.4, 0.5) is 0 Å². The predicted molar refractivity (Wildman–Crippen MR) is 152 cm³/mol. The average Bonchev–Trinajstić information content (AvgIpc) is 3.32. The highest BCUT2D eigenvalue weighted by molar-refractivity contribution is 5.95. The molecule has 0 radical (unpaired) electrons. The van der Waals surface area contributed by atoms with Gasteiger partial charge in [0.15, 0.2) is 11.5 Å². The quantitative estimate of drug-likeness (QED) is 0.214. The first-order valence-electron chi connectivity index (χ1n) is 13.3. The third-order valence-corrected chi connectivity index (χ3v) is 6.65. The van der Waals surface area contributed by atoms with Crippen LogP contribution in [-0.2, 0) is 13.0 Å². The van der Waals surface area contributed by atoms with Crippen molar-refractivity contribution in [3.63, 3.8) is 0 Å². The van der Waals surface area contributed by atoms with Gasteiger partial charge in [-0.3, -0.25) is 4.79 Å². The van der Waals surface area contributed by atoms with E-state index in [1.807, 2.05) is 36.4 Å². The largest absolute Gasteiger partial charge is 0.493 e. The topological polar surface area (TPSA) is 83.8 Å². The van der Waals surface area contributed by atoms with E-state index >= 15 is 0 Å². The predicted octanol–water partition coefficient (Wildman–Crippen LogP) is 5.59. The van der Waals surface area contributed by atoms with Crippen LogP contribution in [0.3, 0.4) is 0 Å². The second-order valence-electron chi connectivity index (χ2n) is 9.26. The zero-order valence-corrected chi connectivity index (χ0v) is 23.2. The Kier molecular flexibility index (Phi) is 9.67. The smallest absolute Gasteiger partial charge is 0.251 e. The molecule has 0 saturated heterocycles. The molecule has 206 valence electrons. The molecule has 0 fully saturated rings. The van der Waals surface area contributed by atoms with Crippen LogP contribution in [-0.4, -0.2) is 49.9 Å². The highest BCUT2D eigenvalue weighted by Crippen LogP contribution is 2.38. The molecular weight excluding hydrogens is 494 g/mol. The number of unbranched alkanes of at least 4 members (excludes halogenated alkanes) is 1. The van der Waals surface area contributed by atoms with Gasteiger partial charge in [0.25, 0.3) is 5.91 Å². The molecule has 4 aromatic rings. The van der Waals surface area contributed by atoms with Gasteiger partial charge >= 0.3 is 0 Å². The molecule has 0 atom stereocenters. The van der Waals surface area contributed by atoms with Gasteiger partial charge in [-0.1, -0.05) is 30.3 Å². The lowest BCUT2D eigenvalue weighted by Gasteiger charge is -2.14. The van der Waals surface area contributed by atoms with E-state index in [1.54, 1.807) is 12.1 Å². The Morgan fingerprint density at radius 2 is 1.59 bits per heavy atom. The van der Waals surface area contributed by atoms with Crippen molar-refractivity contribution in [1.29, 1.82) is 0 Å². The zero-order valence-electron chi connectivity index (χ0n) is 23.2. The fraction of sp³-hybridized carbons (Fsp3) is 0.355. The summed E-state index contributed by atoms with van der Waals surface area (Å²) in [5.41, 5.74) is 3.72. The lowest BCUT2D eigenvalue weighted by Crippen LogP contribution is -2.25. The Bertz CT molecular complexity index is 1370. The first kappa shape index (κ1) is 27.8. The van der Waals surface area contributed by atoms with Crippen LogP contribution in [0.25, 0.3) is 11.0 Å². The van der Waals surface area contributed by atoms with E-state index < -0.39 is 0 Å². The van der Waals surface area contributed by atoms with Crippen LogP contribution in [0.5, 0.6) is 23.0 Å². The summed E-state index contributed by atoms with van der Waals surface area (Å²) in [6, 6.07) is 19.6. The summed E-state index contributed by atoms with van der Waals surface area (Å²) < 4.78 is 24.3. The summed E-state index contributed by atoms with van der Waals surface area (Å²) in [7, 11) is 4.59. The van der Waals surface area contributed by atoms with Crippen LogP contribution in [0.2, 0.25) is 0 Å². The van der Waals surface area contributed by atoms with Crippen molar-refractivity contribution in [2.75, 3.05) is 34.5 Å². The van der Waals surface area contributed by atoms with Crippen molar-refractivity contribution in [3.8, 4) is 23.0 Å². The number of methoxy groups -OCH3 is 3. The number of carbonyl (C=O) groups is 1. The summed E-state index contributed by atoms with van der Waals surface area (Å²) in [4.78, 5) is 17.7. The second kappa shape index (κ2) is 13.6. The maximum absolute atomic E-state index is 12.8. The second-order valence-corrected chi connectivity index (χ2v) is 9.26. The number of para-hydroxylation sites is 3. The molecule has 1 aromatic heterocycles. The molecule has 39 heavy (non-hydrogen) atoms. The van der Waals surface area contributed by atoms with E-state index in [0.29, 0.717) is 36.0 Å². The molecule has 0 aliphatic rings. The lowest BCUT2D eigenvalue weighted by atomic mass is 10.1. The maximum atomic E-state index is 12.8. The monoisotopic (exact) mass is 531 g/mol. The Morgan fingerprint density at radius 1 is 0.872 bits per heavy atom. The standard InChI is InChI=1S/C31H37N3O5/c1-22-12-5-8-15-26(22)39-19-10-9-18-34-25-14-7-6-13-24(25)33-29(34)16-11-17-32-31(35)23-20-27(36-2)30(38-4)28(21-23)37-3/h5-8,12-15,20-21H,9-11,16-19H2,1-4H3,(H,32,35). The van der Waals surface area contributed by atoms with E-state index in [2.05, 4.69) is 28.9 Å². The molecule has 1 heterocycles. The van der Waals surface area contributed by atoms with E-state index in [1.165, 1.54) is 21.3 Å². The number of hydrogen-bond acceptors (Lipinski definition) is 6. The Balaban J connectivity index is 1.32. The fourth-order valence-electron chi connectivity index (χ4n) is 4.60. The molecule has 0 spiro atoms. The van der Waals surface area contributed by atoms with E-state index in [9.17, 15) is 4.79 Å². The third-order valence-electron chi connectivity index (χ3n) is 6.65. The molecule has 0 saturated carbocycles. The van der Waals surface area contributed by atoms with Gasteiger partial charge in [-0.05, 0) is 62.1 Å². The Morgan fingerprint density at radius 3 is 2.31 bits per heavy atom.